The zero-order valence-corrected chi connectivity index (χ0v) is 25.0. The van der Waals surface area contributed by atoms with Gasteiger partial charge in [0, 0.05) is 5.41 Å². The molecule has 0 spiro atoms. The summed E-state index contributed by atoms with van der Waals surface area (Å²) in [6.07, 6.45) is 0. The van der Waals surface area contributed by atoms with E-state index in [4.69, 9.17) is 13.9 Å². The van der Waals surface area contributed by atoms with Crippen molar-refractivity contribution in [1.29, 1.82) is 0 Å². The van der Waals surface area contributed by atoms with Gasteiger partial charge in [-0.2, -0.15) is 5.10 Å². The minimum absolute atomic E-state index is 0.135. The lowest BCUT2D eigenvalue weighted by Gasteiger charge is -2.26. The zero-order chi connectivity index (χ0) is 30.6. The molecule has 1 amide bonds. The van der Waals surface area contributed by atoms with E-state index < -0.39 is 5.97 Å². The molecule has 0 aliphatic rings. The van der Waals surface area contributed by atoms with Crippen LogP contribution in [0.2, 0.25) is 0 Å². The Labute approximate surface area is 251 Å². The van der Waals surface area contributed by atoms with Crippen molar-refractivity contribution >= 4 is 17.6 Å². The molecular formula is C35H35N3O5. The van der Waals surface area contributed by atoms with Crippen LogP contribution in [-0.4, -0.2) is 28.8 Å². The van der Waals surface area contributed by atoms with Gasteiger partial charge in [-0.25, -0.2) is 4.79 Å². The summed E-state index contributed by atoms with van der Waals surface area (Å²) in [6, 6.07) is 29.0. The zero-order valence-electron chi connectivity index (χ0n) is 25.0. The highest BCUT2D eigenvalue weighted by molar-refractivity contribution is 6.03. The van der Waals surface area contributed by atoms with Crippen LogP contribution < -0.4 is 10.1 Å². The molecule has 43 heavy (non-hydrogen) atoms. The smallest absolute Gasteiger partial charge is 0.338 e. The summed E-state index contributed by atoms with van der Waals surface area (Å²) in [5.41, 5.74) is 5.52. The van der Waals surface area contributed by atoms with E-state index in [-0.39, 0.29) is 23.7 Å². The number of carbonyl (C=O) groups excluding carboxylic acids is 2. The maximum Gasteiger partial charge on any atom is 0.338 e. The van der Waals surface area contributed by atoms with Crippen LogP contribution in [0, 0.1) is 13.8 Å². The van der Waals surface area contributed by atoms with Crippen LogP contribution in [0.4, 0.5) is 5.69 Å². The van der Waals surface area contributed by atoms with Crippen LogP contribution in [0.3, 0.4) is 0 Å². The lowest BCUT2D eigenvalue weighted by Crippen LogP contribution is -2.18. The first-order chi connectivity index (χ1) is 20.7. The number of esters is 1. The number of hydrogen-bond acceptors (Lipinski definition) is 6. The number of nitrogens with one attached hydrogen (secondary N) is 1. The number of rotatable bonds is 10. The van der Waals surface area contributed by atoms with Gasteiger partial charge in [-0.3, -0.25) is 9.48 Å². The molecule has 0 atom stereocenters. The molecule has 8 nitrogen and oxygen atoms in total. The molecule has 2 heterocycles. The SMILES string of the molecule is COC(=O)c1ccccc1Cn1nc(C)c(NC(=O)c2ccc(COc3ccc(C(C)(C)c4ccccc4)cc3)o2)c1C. The quantitative estimate of drug-likeness (QED) is 0.178. The predicted molar refractivity (Wildman–Crippen MR) is 165 cm³/mol. The highest BCUT2D eigenvalue weighted by atomic mass is 16.5. The Morgan fingerprint density at radius 1 is 0.884 bits per heavy atom. The number of hydrogen-bond donors (Lipinski definition) is 1. The number of aryl methyl sites for hydroxylation is 1. The molecule has 0 bridgehead atoms. The Balaban J connectivity index is 1.21. The second-order valence-corrected chi connectivity index (χ2v) is 10.9. The van der Waals surface area contributed by atoms with Gasteiger partial charge < -0.3 is 19.2 Å². The van der Waals surface area contributed by atoms with Crippen molar-refractivity contribution < 1.29 is 23.5 Å². The number of anilines is 1. The summed E-state index contributed by atoms with van der Waals surface area (Å²) in [6.45, 7) is 8.62. The van der Waals surface area contributed by atoms with Crippen molar-refractivity contribution in [3.8, 4) is 5.75 Å². The Morgan fingerprint density at radius 3 is 2.28 bits per heavy atom. The molecule has 0 saturated carbocycles. The molecule has 220 valence electrons. The molecule has 0 aliphatic heterocycles. The topological polar surface area (TPSA) is 95.6 Å². The number of furan rings is 1. The van der Waals surface area contributed by atoms with Crippen LogP contribution in [0.15, 0.2) is 95.4 Å². The number of carbonyl (C=O) groups is 2. The van der Waals surface area contributed by atoms with Crippen molar-refractivity contribution in [2.75, 3.05) is 12.4 Å². The molecule has 5 aromatic rings. The van der Waals surface area contributed by atoms with Gasteiger partial charge in [-0.05, 0) is 60.9 Å². The third kappa shape index (κ3) is 6.38. The minimum Gasteiger partial charge on any atom is -0.486 e. The van der Waals surface area contributed by atoms with Crippen LogP contribution in [-0.2, 0) is 23.3 Å². The van der Waals surface area contributed by atoms with E-state index in [9.17, 15) is 9.59 Å². The van der Waals surface area contributed by atoms with Crippen LogP contribution in [0.25, 0.3) is 0 Å². The van der Waals surface area contributed by atoms with Crippen LogP contribution in [0.5, 0.6) is 5.75 Å². The van der Waals surface area contributed by atoms with E-state index in [0.717, 1.165) is 11.3 Å². The summed E-state index contributed by atoms with van der Waals surface area (Å²) in [4.78, 5) is 25.2. The van der Waals surface area contributed by atoms with E-state index in [0.29, 0.717) is 35.0 Å². The third-order valence-corrected chi connectivity index (χ3v) is 7.70. The fourth-order valence-electron chi connectivity index (χ4n) is 5.06. The lowest BCUT2D eigenvalue weighted by atomic mass is 9.78. The average molecular weight is 578 g/mol. The predicted octanol–water partition coefficient (Wildman–Crippen LogP) is 7.09. The van der Waals surface area contributed by atoms with Gasteiger partial charge in [-0.1, -0.05) is 74.5 Å². The van der Waals surface area contributed by atoms with Gasteiger partial charge in [0.1, 0.15) is 18.1 Å². The first-order valence-electron chi connectivity index (χ1n) is 14.1. The summed E-state index contributed by atoms with van der Waals surface area (Å²) < 4.78 is 18.4. The lowest BCUT2D eigenvalue weighted by molar-refractivity contribution is 0.0599. The van der Waals surface area contributed by atoms with Crippen molar-refractivity contribution in [3.05, 3.63) is 136 Å². The maximum atomic E-state index is 13.1. The van der Waals surface area contributed by atoms with E-state index in [1.807, 2.05) is 44.2 Å². The normalized spacial score (nSPS) is 11.3. The number of nitrogens with zero attached hydrogens (tertiary/aromatic N) is 2. The summed E-state index contributed by atoms with van der Waals surface area (Å²) in [7, 11) is 1.35. The second kappa shape index (κ2) is 12.4. The third-order valence-electron chi connectivity index (χ3n) is 7.70. The summed E-state index contributed by atoms with van der Waals surface area (Å²) in [5, 5.41) is 7.51. The van der Waals surface area contributed by atoms with Crippen molar-refractivity contribution in [2.45, 2.75) is 46.3 Å². The molecule has 5 rings (SSSR count). The van der Waals surface area contributed by atoms with Gasteiger partial charge in [0.15, 0.2) is 5.76 Å². The molecule has 0 radical (unpaired) electrons. The number of methoxy groups -OCH3 is 1. The van der Waals surface area contributed by atoms with Gasteiger partial charge in [0.2, 0.25) is 0 Å². The van der Waals surface area contributed by atoms with Crippen molar-refractivity contribution in [1.82, 2.24) is 9.78 Å². The first kappa shape index (κ1) is 29.4. The standard InChI is InChI=1S/C35H35N3O5/c1-23-32(24(2)38(37-23)21-25-11-9-10-14-30(25)34(40)41-5)36-33(39)31-20-19-29(43-31)22-42-28-17-15-27(16-18-28)35(3,4)26-12-7-6-8-13-26/h6-20H,21-22H2,1-5H3,(H,36,39). The molecule has 3 aromatic carbocycles. The number of benzene rings is 3. The molecular weight excluding hydrogens is 542 g/mol. The molecule has 0 aliphatic carbocycles. The molecule has 0 unspecified atom stereocenters. The first-order valence-corrected chi connectivity index (χ1v) is 14.1. The number of aromatic nitrogens is 2. The molecule has 2 aromatic heterocycles. The van der Waals surface area contributed by atoms with E-state index in [2.05, 4.69) is 60.7 Å². The van der Waals surface area contributed by atoms with Gasteiger partial charge >= 0.3 is 5.97 Å². The monoisotopic (exact) mass is 577 g/mol. The molecule has 0 saturated heterocycles. The highest BCUT2D eigenvalue weighted by Gasteiger charge is 2.23. The van der Waals surface area contributed by atoms with E-state index >= 15 is 0 Å². The molecule has 8 heteroatoms. The van der Waals surface area contributed by atoms with E-state index in [1.54, 1.807) is 28.9 Å². The maximum absolute atomic E-state index is 13.1. The minimum atomic E-state index is -0.410. The van der Waals surface area contributed by atoms with Gasteiger partial charge in [0.25, 0.3) is 5.91 Å². The van der Waals surface area contributed by atoms with Gasteiger partial charge in [0.05, 0.1) is 36.3 Å². The fourth-order valence-corrected chi connectivity index (χ4v) is 5.06. The van der Waals surface area contributed by atoms with Gasteiger partial charge in [-0.15, -0.1) is 0 Å². The Morgan fingerprint density at radius 2 is 1.56 bits per heavy atom. The number of amides is 1. The molecule has 1 N–H and O–H groups in total. The Kier molecular flexibility index (Phi) is 8.48. The van der Waals surface area contributed by atoms with Crippen molar-refractivity contribution in [2.24, 2.45) is 0 Å². The largest absolute Gasteiger partial charge is 0.486 e. The summed E-state index contributed by atoms with van der Waals surface area (Å²) >= 11 is 0. The Bertz CT molecular complexity index is 1730. The molecule has 0 fully saturated rings. The Hall–Kier alpha value is -5.11. The van der Waals surface area contributed by atoms with Crippen molar-refractivity contribution in [3.63, 3.8) is 0 Å². The van der Waals surface area contributed by atoms with E-state index in [1.165, 1.54) is 18.2 Å². The second-order valence-electron chi connectivity index (χ2n) is 10.9. The number of ether oxygens (including phenoxy) is 2. The van der Waals surface area contributed by atoms with Crippen LogP contribution in [0.1, 0.15) is 68.6 Å². The summed E-state index contributed by atoms with van der Waals surface area (Å²) in [5.74, 6) is 0.609. The fraction of sp³-hybridized carbons (Fsp3) is 0.229. The highest BCUT2D eigenvalue weighted by Crippen LogP contribution is 2.32. The van der Waals surface area contributed by atoms with Crippen LogP contribution >= 0.6 is 0 Å². The average Bonchev–Trinajstić information content (AvgIpc) is 3.61.